The second-order valence-corrected chi connectivity index (χ2v) is 2.88. The zero-order valence-electron chi connectivity index (χ0n) is 6.49. The van der Waals surface area contributed by atoms with Crippen LogP contribution in [-0.4, -0.2) is 28.7 Å². The molecule has 0 spiro atoms. The minimum absolute atomic E-state index is 0.464. The van der Waals surface area contributed by atoms with Crippen molar-refractivity contribution in [2.45, 2.75) is 25.0 Å². The summed E-state index contributed by atoms with van der Waals surface area (Å²) in [6.07, 6.45) is 4.35. The van der Waals surface area contributed by atoms with Crippen LogP contribution in [-0.2, 0) is 4.79 Å². The molecular formula is C8H13NO2. The first-order valence-electron chi connectivity index (χ1n) is 3.78. The van der Waals surface area contributed by atoms with Crippen molar-refractivity contribution in [3.8, 4) is 0 Å². The lowest BCUT2D eigenvalue weighted by molar-refractivity contribution is -0.137. The van der Waals surface area contributed by atoms with Gasteiger partial charge in [-0.05, 0) is 12.8 Å². The van der Waals surface area contributed by atoms with Crippen LogP contribution in [0.15, 0.2) is 12.7 Å². The van der Waals surface area contributed by atoms with Crippen LogP contribution in [0.3, 0.4) is 0 Å². The van der Waals surface area contributed by atoms with Gasteiger partial charge in [0.25, 0.3) is 0 Å². The average molecular weight is 155 g/mol. The third kappa shape index (κ3) is 1.43. The number of nitrogens with zero attached hydrogens (tertiary/aromatic N) is 1. The summed E-state index contributed by atoms with van der Waals surface area (Å²) in [4.78, 5) is 11.9. The van der Waals surface area contributed by atoms with Gasteiger partial charge >= 0.3 is 0 Å². The van der Waals surface area contributed by atoms with E-state index in [0.29, 0.717) is 25.8 Å². The number of carbonyl (C=O) groups excluding carboxylic acids is 1. The fraction of sp³-hybridized carbons (Fsp3) is 0.625. The first-order chi connectivity index (χ1) is 5.23. The monoisotopic (exact) mass is 155 g/mol. The van der Waals surface area contributed by atoms with E-state index in [0.717, 1.165) is 6.42 Å². The standard InChI is InChI=1S/C8H13NO2/c1-2-4-8(11)5-3-6-9(8)7-10/h2,7,11H,1,3-6H2. The second kappa shape index (κ2) is 3.05. The van der Waals surface area contributed by atoms with E-state index in [1.54, 1.807) is 6.08 Å². The molecule has 0 bridgehead atoms. The van der Waals surface area contributed by atoms with Crippen LogP contribution in [0, 0.1) is 0 Å². The molecule has 0 saturated carbocycles. The maximum absolute atomic E-state index is 10.4. The summed E-state index contributed by atoms with van der Waals surface area (Å²) in [6, 6.07) is 0. The second-order valence-electron chi connectivity index (χ2n) is 2.88. The van der Waals surface area contributed by atoms with Crippen LogP contribution in [0.1, 0.15) is 19.3 Å². The van der Waals surface area contributed by atoms with Crippen molar-refractivity contribution in [3.05, 3.63) is 12.7 Å². The molecule has 1 rings (SSSR count). The lowest BCUT2D eigenvalue weighted by Crippen LogP contribution is -2.42. The molecule has 1 unspecified atom stereocenters. The molecule has 1 fully saturated rings. The summed E-state index contributed by atoms with van der Waals surface area (Å²) in [5, 5.41) is 9.77. The van der Waals surface area contributed by atoms with Gasteiger partial charge < -0.3 is 10.0 Å². The first kappa shape index (κ1) is 8.27. The van der Waals surface area contributed by atoms with Gasteiger partial charge in [0.2, 0.25) is 6.41 Å². The van der Waals surface area contributed by atoms with E-state index in [9.17, 15) is 9.90 Å². The molecule has 1 aliphatic rings. The zero-order valence-corrected chi connectivity index (χ0v) is 6.49. The molecule has 11 heavy (non-hydrogen) atoms. The van der Waals surface area contributed by atoms with Crippen LogP contribution in [0.5, 0.6) is 0 Å². The van der Waals surface area contributed by atoms with Gasteiger partial charge in [0.1, 0.15) is 5.72 Å². The molecule has 1 atom stereocenters. The topological polar surface area (TPSA) is 40.5 Å². The number of hydrogen-bond donors (Lipinski definition) is 1. The number of aliphatic hydroxyl groups is 1. The molecule has 62 valence electrons. The van der Waals surface area contributed by atoms with E-state index in [2.05, 4.69) is 6.58 Å². The summed E-state index contributed by atoms with van der Waals surface area (Å²) < 4.78 is 0. The van der Waals surface area contributed by atoms with Gasteiger partial charge in [-0.15, -0.1) is 6.58 Å². The SMILES string of the molecule is C=CCC1(O)CCCN1C=O. The van der Waals surface area contributed by atoms with Crippen molar-refractivity contribution < 1.29 is 9.90 Å². The Kier molecular flexibility index (Phi) is 2.29. The fourth-order valence-corrected chi connectivity index (χ4v) is 1.49. The molecule has 1 aliphatic heterocycles. The number of hydrogen-bond acceptors (Lipinski definition) is 2. The van der Waals surface area contributed by atoms with E-state index < -0.39 is 5.72 Å². The highest BCUT2D eigenvalue weighted by molar-refractivity contribution is 5.49. The van der Waals surface area contributed by atoms with Gasteiger partial charge in [0.05, 0.1) is 0 Å². The lowest BCUT2D eigenvalue weighted by Gasteiger charge is -2.29. The van der Waals surface area contributed by atoms with Crippen LogP contribution >= 0.6 is 0 Å². The maximum Gasteiger partial charge on any atom is 0.211 e. The Morgan fingerprint density at radius 1 is 1.73 bits per heavy atom. The van der Waals surface area contributed by atoms with E-state index in [1.807, 2.05) is 0 Å². The predicted octanol–water partition coefficient (Wildman–Crippen LogP) is 0.503. The number of amides is 1. The number of rotatable bonds is 3. The van der Waals surface area contributed by atoms with E-state index >= 15 is 0 Å². The van der Waals surface area contributed by atoms with Gasteiger partial charge in [-0.1, -0.05) is 6.08 Å². The molecule has 1 saturated heterocycles. The van der Waals surface area contributed by atoms with E-state index in [-0.39, 0.29) is 0 Å². The lowest BCUT2D eigenvalue weighted by atomic mass is 10.1. The Morgan fingerprint density at radius 2 is 2.45 bits per heavy atom. The summed E-state index contributed by atoms with van der Waals surface area (Å²) >= 11 is 0. The summed E-state index contributed by atoms with van der Waals surface area (Å²) in [5.74, 6) is 0. The smallest absolute Gasteiger partial charge is 0.211 e. The predicted molar refractivity (Wildman–Crippen MR) is 41.8 cm³/mol. The van der Waals surface area contributed by atoms with Crippen molar-refractivity contribution in [2.75, 3.05) is 6.54 Å². The third-order valence-corrected chi connectivity index (χ3v) is 2.11. The van der Waals surface area contributed by atoms with Gasteiger partial charge in [-0.3, -0.25) is 4.79 Å². The normalized spacial score (nSPS) is 30.5. The Bertz CT molecular complexity index is 169. The molecule has 0 aromatic carbocycles. The van der Waals surface area contributed by atoms with Gasteiger partial charge in [0.15, 0.2) is 0 Å². The van der Waals surface area contributed by atoms with Crippen molar-refractivity contribution in [2.24, 2.45) is 0 Å². The minimum Gasteiger partial charge on any atom is -0.370 e. The molecule has 1 N–H and O–H groups in total. The van der Waals surface area contributed by atoms with Crippen molar-refractivity contribution >= 4 is 6.41 Å². The molecule has 0 aromatic heterocycles. The number of likely N-dealkylation sites (tertiary alicyclic amines) is 1. The average Bonchev–Trinajstić information content (AvgIpc) is 2.31. The van der Waals surface area contributed by atoms with Crippen molar-refractivity contribution in [1.29, 1.82) is 0 Å². The largest absolute Gasteiger partial charge is 0.370 e. The zero-order chi connectivity index (χ0) is 8.32. The maximum atomic E-state index is 10.4. The Labute approximate surface area is 66.3 Å². The highest BCUT2D eigenvalue weighted by Crippen LogP contribution is 2.28. The molecule has 3 nitrogen and oxygen atoms in total. The molecule has 0 aromatic rings. The molecule has 0 aliphatic carbocycles. The fourth-order valence-electron chi connectivity index (χ4n) is 1.49. The first-order valence-corrected chi connectivity index (χ1v) is 3.78. The highest BCUT2D eigenvalue weighted by Gasteiger charge is 2.36. The minimum atomic E-state index is -0.941. The highest BCUT2D eigenvalue weighted by atomic mass is 16.3. The van der Waals surface area contributed by atoms with Gasteiger partial charge in [-0.2, -0.15) is 0 Å². The van der Waals surface area contributed by atoms with Crippen LogP contribution in [0.25, 0.3) is 0 Å². The molecule has 1 heterocycles. The summed E-state index contributed by atoms with van der Waals surface area (Å²) in [7, 11) is 0. The molecule has 3 heteroatoms. The van der Waals surface area contributed by atoms with Gasteiger partial charge in [0, 0.05) is 13.0 Å². The van der Waals surface area contributed by atoms with Crippen LogP contribution < -0.4 is 0 Å². The van der Waals surface area contributed by atoms with Crippen molar-refractivity contribution in [3.63, 3.8) is 0 Å². The Balaban J connectivity index is 2.65. The molecule has 0 radical (unpaired) electrons. The summed E-state index contributed by atoms with van der Waals surface area (Å²) in [6.45, 7) is 4.20. The quantitative estimate of drug-likeness (QED) is 0.476. The Hall–Kier alpha value is -0.830. The molecule has 1 amide bonds. The third-order valence-electron chi connectivity index (χ3n) is 2.11. The van der Waals surface area contributed by atoms with Crippen LogP contribution in [0.2, 0.25) is 0 Å². The van der Waals surface area contributed by atoms with E-state index in [4.69, 9.17) is 0 Å². The van der Waals surface area contributed by atoms with Crippen molar-refractivity contribution in [1.82, 2.24) is 4.90 Å². The Morgan fingerprint density at radius 3 is 3.00 bits per heavy atom. The number of carbonyl (C=O) groups is 1. The van der Waals surface area contributed by atoms with Gasteiger partial charge in [-0.25, -0.2) is 0 Å². The summed E-state index contributed by atoms with van der Waals surface area (Å²) in [5.41, 5.74) is -0.941. The molecular weight excluding hydrogens is 142 g/mol. The van der Waals surface area contributed by atoms with Crippen LogP contribution in [0.4, 0.5) is 0 Å². The van der Waals surface area contributed by atoms with E-state index in [1.165, 1.54) is 4.90 Å².